The highest BCUT2D eigenvalue weighted by atomic mass is 16.5. The van der Waals surface area contributed by atoms with E-state index in [0.717, 1.165) is 43.0 Å². The second-order valence-electron chi connectivity index (χ2n) is 10.2. The molecule has 10 nitrogen and oxygen atoms in total. The molecule has 1 saturated heterocycles. The van der Waals surface area contributed by atoms with Gasteiger partial charge >= 0.3 is 6.03 Å². The van der Waals surface area contributed by atoms with E-state index in [1.807, 2.05) is 43.3 Å². The van der Waals surface area contributed by atoms with E-state index < -0.39 is 0 Å². The third-order valence-electron chi connectivity index (χ3n) is 7.25. The van der Waals surface area contributed by atoms with Crippen molar-refractivity contribution in [1.29, 1.82) is 0 Å². The molecule has 0 atom stereocenters. The van der Waals surface area contributed by atoms with Crippen LogP contribution in [0.3, 0.4) is 0 Å². The van der Waals surface area contributed by atoms with Crippen LogP contribution in [0.4, 0.5) is 33.5 Å². The van der Waals surface area contributed by atoms with Crippen LogP contribution in [0.25, 0.3) is 0 Å². The molecule has 2 heterocycles. The topological polar surface area (TPSA) is 95.1 Å². The van der Waals surface area contributed by atoms with Gasteiger partial charge in [-0.05, 0) is 55.9 Å². The number of likely N-dealkylation sites (N-methyl/N-ethyl adjacent to an activating group) is 1. The Labute approximate surface area is 246 Å². The zero-order chi connectivity index (χ0) is 29.5. The lowest BCUT2D eigenvalue weighted by Crippen LogP contribution is -2.44. The Morgan fingerprint density at radius 2 is 1.71 bits per heavy atom. The van der Waals surface area contributed by atoms with Crippen molar-refractivity contribution in [2.24, 2.45) is 0 Å². The molecule has 2 amide bonds. The second kappa shape index (κ2) is 13.2. The minimum absolute atomic E-state index is 0.353. The van der Waals surface area contributed by atoms with E-state index in [0.29, 0.717) is 35.4 Å². The predicted octanol–water partition coefficient (Wildman–Crippen LogP) is 5.35. The van der Waals surface area contributed by atoms with Crippen LogP contribution in [0.15, 0.2) is 79.1 Å². The molecule has 10 heteroatoms. The lowest BCUT2D eigenvalue weighted by molar-refractivity contribution is 0.248. The number of ether oxygens (including phenoxy) is 2. The molecular formula is C32H37N7O3. The summed E-state index contributed by atoms with van der Waals surface area (Å²) >= 11 is 0. The molecule has 5 rings (SSSR count). The summed E-state index contributed by atoms with van der Waals surface area (Å²) in [5.41, 5.74) is 4.71. The Morgan fingerprint density at radius 3 is 2.43 bits per heavy atom. The van der Waals surface area contributed by atoms with Gasteiger partial charge < -0.3 is 29.9 Å². The fourth-order valence-electron chi connectivity index (χ4n) is 4.89. The van der Waals surface area contributed by atoms with Gasteiger partial charge in [0.25, 0.3) is 0 Å². The number of aromatic nitrogens is 2. The number of nitrogens with zero attached hydrogens (tertiary/aromatic N) is 5. The largest absolute Gasteiger partial charge is 0.497 e. The monoisotopic (exact) mass is 567 g/mol. The van der Waals surface area contributed by atoms with Crippen molar-refractivity contribution in [2.45, 2.75) is 13.5 Å². The highest BCUT2D eigenvalue weighted by Gasteiger charge is 2.24. The quantitative estimate of drug-likeness (QED) is 0.280. The summed E-state index contributed by atoms with van der Waals surface area (Å²) in [6, 6.07) is 23.0. The number of carbonyl (C=O) groups is 1. The van der Waals surface area contributed by atoms with Gasteiger partial charge in [-0.25, -0.2) is 19.7 Å². The molecule has 0 unspecified atom stereocenters. The minimum atomic E-state index is -0.360. The lowest BCUT2D eigenvalue weighted by Gasteiger charge is -2.34. The summed E-state index contributed by atoms with van der Waals surface area (Å²) in [4.78, 5) is 28.8. The second-order valence-corrected chi connectivity index (χ2v) is 10.2. The van der Waals surface area contributed by atoms with Crippen molar-refractivity contribution < 1.29 is 14.3 Å². The Bertz CT molecular complexity index is 1500. The van der Waals surface area contributed by atoms with Gasteiger partial charge in [0.2, 0.25) is 0 Å². The molecule has 4 aromatic rings. The molecule has 218 valence electrons. The van der Waals surface area contributed by atoms with Crippen molar-refractivity contribution in [1.82, 2.24) is 20.2 Å². The summed E-state index contributed by atoms with van der Waals surface area (Å²) in [7, 11) is 5.29. The first-order valence-electron chi connectivity index (χ1n) is 13.9. The fourth-order valence-corrected chi connectivity index (χ4v) is 4.89. The number of rotatable bonds is 9. The maximum absolute atomic E-state index is 13.7. The first kappa shape index (κ1) is 28.7. The van der Waals surface area contributed by atoms with Gasteiger partial charge in [-0.2, -0.15) is 0 Å². The summed E-state index contributed by atoms with van der Waals surface area (Å²) in [6.45, 7) is 6.50. The summed E-state index contributed by atoms with van der Waals surface area (Å²) in [5, 5.41) is 6.37. The first-order valence-corrected chi connectivity index (χ1v) is 13.9. The van der Waals surface area contributed by atoms with Gasteiger partial charge in [0.1, 0.15) is 29.5 Å². The molecule has 1 aliphatic rings. The number of anilines is 5. The summed E-state index contributed by atoms with van der Waals surface area (Å²) in [6.07, 6.45) is 1.44. The highest BCUT2D eigenvalue weighted by Crippen LogP contribution is 2.36. The van der Waals surface area contributed by atoms with Gasteiger partial charge in [-0.1, -0.05) is 29.8 Å². The van der Waals surface area contributed by atoms with Crippen molar-refractivity contribution in [2.75, 3.05) is 62.6 Å². The van der Waals surface area contributed by atoms with Crippen LogP contribution in [-0.2, 0) is 6.54 Å². The predicted molar refractivity (Wildman–Crippen MR) is 167 cm³/mol. The van der Waals surface area contributed by atoms with Gasteiger partial charge in [-0.15, -0.1) is 0 Å². The van der Waals surface area contributed by atoms with Gasteiger partial charge in [0, 0.05) is 56.2 Å². The number of methoxy groups -OCH3 is 2. The Morgan fingerprint density at radius 1 is 0.929 bits per heavy atom. The Balaban J connectivity index is 1.39. The smallest absolute Gasteiger partial charge is 0.328 e. The fraction of sp³-hybridized carbons (Fsp3) is 0.281. The molecule has 0 radical (unpaired) electrons. The number of aryl methyl sites for hydroxylation is 1. The number of hydrogen-bond donors (Lipinski definition) is 2. The molecule has 42 heavy (non-hydrogen) atoms. The number of nitrogens with one attached hydrogen (secondary N) is 2. The van der Waals surface area contributed by atoms with E-state index in [-0.39, 0.29) is 6.03 Å². The molecule has 0 saturated carbocycles. The van der Waals surface area contributed by atoms with E-state index in [4.69, 9.17) is 9.47 Å². The maximum atomic E-state index is 13.7. The molecule has 1 fully saturated rings. The van der Waals surface area contributed by atoms with Crippen LogP contribution >= 0.6 is 0 Å². The average molecular weight is 568 g/mol. The average Bonchev–Trinajstić information content (AvgIpc) is 3.01. The summed E-state index contributed by atoms with van der Waals surface area (Å²) < 4.78 is 11.0. The Kier molecular flexibility index (Phi) is 9.03. The molecule has 1 aliphatic heterocycles. The number of hydrogen-bond acceptors (Lipinski definition) is 8. The first-order chi connectivity index (χ1) is 20.4. The number of amides is 2. The SMILES string of the molecule is COc1ccc(N(C(=O)NCc2cccc(C)c2)c2cc(Nc3ccc(N4CCN(C)CC4)cc3)ncn2)c(OC)c1. The number of piperazine rings is 1. The molecule has 3 aromatic carbocycles. The molecule has 0 aliphatic carbocycles. The van der Waals surface area contributed by atoms with Crippen molar-refractivity contribution in [3.8, 4) is 11.5 Å². The van der Waals surface area contributed by atoms with Crippen LogP contribution in [0, 0.1) is 6.92 Å². The zero-order valence-electron chi connectivity index (χ0n) is 24.5. The van der Waals surface area contributed by atoms with Crippen molar-refractivity contribution in [3.05, 3.63) is 90.3 Å². The normalized spacial score (nSPS) is 13.4. The van der Waals surface area contributed by atoms with Crippen LogP contribution in [-0.4, -0.2) is 68.3 Å². The van der Waals surface area contributed by atoms with E-state index in [2.05, 4.69) is 49.6 Å². The minimum Gasteiger partial charge on any atom is -0.497 e. The van der Waals surface area contributed by atoms with Crippen molar-refractivity contribution in [3.63, 3.8) is 0 Å². The lowest BCUT2D eigenvalue weighted by atomic mass is 10.1. The van der Waals surface area contributed by atoms with Crippen LogP contribution < -0.4 is 29.9 Å². The maximum Gasteiger partial charge on any atom is 0.328 e. The number of benzene rings is 3. The van der Waals surface area contributed by atoms with Gasteiger partial charge in [0.15, 0.2) is 0 Å². The third-order valence-corrected chi connectivity index (χ3v) is 7.25. The number of carbonyl (C=O) groups excluding carboxylic acids is 1. The van der Waals surface area contributed by atoms with Crippen LogP contribution in [0.1, 0.15) is 11.1 Å². The molecular weight excluding hydrogens is 530 g/mol. The molecule has 0 spiro atoms. The Hall–Kier alpha value is -4.83. The van der Waals surface area contributed by atoms with E-state index in [1.165, 1.54) is 16.9 Å². The van der Waals surface area contributed by atoms with Gasteiger partial charge in [0.05, 0.1) is 19.9 Å². The zero-order valence-corrected chi connectivity index (χ0v) is 24.5. The third kappa shape index (κ3) is 6.90. The highest BCUT2D eigenvalue weighted by molar-refractivity contribution is 6.00. The molecule has 2 N–H and O–H groups in total. The van der Waals surface area contributed by atoms with Crippen LogP contribution in [0.5, 0.6) is 11.5 Å². The van der Waals surface area contributed by atoms with E-state index in [9.17, 15) is 4.79 Å². The van der Waals surface area contributed by atoms with Crippen molar-refractivity contribution >= 4 is 34.7 Å². The summed E-state index contributed by atoms with van der Waals surface area (Å²) in [5.74, 6) is 2.01. The van der Waals surface area contributed by atoms with E-state index in [1.54, 1.807) is 38.5 Å². The molecule has 0 bridgehead atoms. The standard InChI is InChI=1S/C32H37N7O3/c1-23-6-5-7-24(18-23)21-33-32(40)39(28-13-12-27(41-3)19-29(28)42-4)31-20-30(34-22-35-31)36-25-8-10-26(11-9-25)38-16-14-37(2)15-17-38/h5-13,18-20,22H,14-17,21H2,1-4H3,(H,33,40)(H,34,35,36). The van der Waals surface area contributed by atoms with Crippen LogP contribution in [0.2, 0.25) is 0 Å². The number of urea groups is 1. The van der Waals surface area contributed by atoms with Gasteiger partial charge in [-0.3, -0.25) is 0 Å². The molecule has 1 aromatic heterocycles. The van der Waals surface area contributed by atoms with E-state index >= 15 is 0 Å².